The Morgan fingerprint density at radius 3 is 3.04 bits per heavy atom. The number of carboxylic acid groups (broad SMARTS) is 1. The molecule has 1 saturated heterocycles. The largest absolute Gasteiger partial charge is 0.511 e. The molecule has 1 fully saturated rings. The van der Waals surface area contributed by atoms with E-state index in [2.05, 4.69) is 10.1 Å². The number of nitrogens with zero attached hydrogens (tertiary/aromatic N) is 2. The van der Waals surface area contributed by atoms with Crippen LogP contribution in [-0.4, -0.2) is 41.5 Å². The number of pyridine rings is 1. The SMILES string of the molecule is CC1CN(c2c(F)cc3c(=O)c(OC(=O)O)cn4c3c2OC=C4)CCN1. The Bertz CT molecular complexity index is 1000. The second kappa shape index (κ2) is 6.03. The number of benzene rings is 1. The predicted molar refractivity (Wildman–Crippen MR) is 92.5 cm³/mol. The van der Waals surface area contributed by atoms with Gasteiger partial charge in [0, 0.05) is 31.9 Å². The first-order chi connectivity index (χ1) is 12.5. The molecule has 1 atom stereocenters. The van der Waals surface area contributed by atoms with Gasteiger partial charge in [0.1, 0.15) is 17.5 Å². The molecule has 0 amide bonds. The van der Waals surface area contributed by atoms with E-state index < -0.39 is 23.2 Å². The van der Waals surface area contributed by atoms with Crippen LogP contribution in [0.4, 0.5) is 14.9 Å². The second-order valence-electron chi connectivity index (χ2n) is 6.23. The number of nitrogens with one attached hydrogen (secondary N) is 1. The van der Waals surface area contributed by atoms with Crippen molar-refractivity contribution >= 4 is 28.9 Å². The van der Waals surface area contributed by atoms with Crippen molar-refractivity contribution in [1.82, 2.24) is 9.88 Å². The third-order valence-electron chi connectivity index (χ3n) is 4.46. The Labute approximate surface area is 147 Å². The lowest BCUT2D eigenvalue weighted by molar-refractivity contribution is 0.144. The highest BCUT2D eigenvalue weighted by atomic mass is 19.1. The molecular weight excluding hydrogens is 345 g/mol. The van der Waals surface area contributed by atoms with Crippen molar-refractivity contribution in [1.29, 1.82) is 0 Å². The molecule has 1 aromatic heterocycles. The number of halogens is 1. The van der Waals surface area contributed by atoms with E-state index in [0.29, 0.717) is 25.2 Å². The summed E-state index contributed by atoms with van der Waals surface area (Å²) in [4.78, 5) is 25.2. The molecule has 2 aromatic rings. The van der Waals surface area contributed by atoms with Gasteiger partial charge in [-0.1, -0.05) is 0 Å². The fraction of sp³-hybridized carbons (Fsp3) is 0.294. The van der Waals surface area contributed by atoms with Crippen molar-refractivity contribution in [3.63, 3.8) is 0 Å². The van der Waals surface area contributed by atoms with E-state index in [1.165, 1.54) is 23.2 Å². The number of carbonyl (C=O) groups is 1. The summed E-state index contributed by atoms with van der Waals surface area (Å²) in [6, 6.07) is 1.29. The molecule has 26 heavy (non-hydrogen) atoms. The Balaban J connectivity index is 1.96. The van der Waals surface area contributed by atoms with Gasteiger partial charge >= 0.3 is 6.16 Å². The van der Waals surface area contributed by atoms with Crippen molar-refractivity contribution in [2.45, 2.75) is 13.0 Å². The maximum atomic E-state index is 14.9. The average Bonchev–Trinajstić information content (AvgIpc) is 2.58. The van der Waals surface area contributed by atoms with Crippen molar-refractivity contribution < 1.29 is 23.8 Å². The molecule has 3 heterocycles. The minimum atomic E-state index is -1.61. The van der Waals surface area contributed by atoms with Gasteiger partial charge in [0.25, 0.3) is 0 Å². The molecule has 9 heteroatoms. The van der Waals surface area contributed by atoms with Gasteiger partial charge < -0.3 is 29.4 Å². The van der Waals surface area contributed by atoms with Crippen LogP contribution < -0.4 is 25.1 Å². The van der Waals surface area contributed by atoms with E-state index in [4.69, 9.17) is 9.84 Å². The van der Waals surface area contributed by atoms with E-state index in [9.17, 15) is 14.0 Å². The molecule has 0 aliphatic carbocycles. The van der Waals surface area contributed by atoms with Crippen LogP contribution in [-0.2, 0) is 0 Å². The molecule has 0 saturated carbocycles. The van der Waals surface area contributed by atoms with E-state index in [1.807, 2.05) is 11.8 Å². The van der Waals surface area contributed by atoms with Gasteiger partial charge in [-0.3, -0.25) is 4.79 Å². The van der Waals surface area contributed by atoms with Crippen LogP contribution in [0, 0.1) is 5.82 Å². The highest BCUT2D eigenvalue weighted by Gasteiger charge is 2.28. The van der Waals surface area contributed by atoms with Gasteiger partial charge in [-0.2, -0.15) is 0 Å². The number of rotatable bonds is 2. The second-order valence-corrected chi connectivity index (χ2v) is 6.23. The van der Waals surface area contributed by atoms with Crippen molar-refractivity contribution in [2.24, 2.45) is 0 Å². The molecule has 1 unspecified atom stereocenters. The van der Waals surface area contributed by atoms with Gasteiger partial charge in [0.05, 0.1) is 11.6 Å². The molecule has 4 rings (SSSR count). The zero-order chi connectivity index (χ0) is 18.4. The van der Waals surface area contributed by atoms with Crippen LogP contribution in [0.15, 0.2) is 23.3 Å². The minimum absolute atomic E-state index is 0.00691. The summed E-state index contributed by atoms with van der Waals surface area (Å²) in [6.07, 6.45) is 2.50. The number of ether oxygens (including phenoxy) is 2. The number of aromatic nitrogens is 1. The van der Waals surface area contributed by atoms with E-state index in [1.54, 1.807) is 0 Å². The molecule has 0 spiro atoms. The number of anilines is 1. The zero-order valence-corrected chi connectivity index (χ0v) is 13.9. The lowest BCUT2D eigenvalue weighted by Crippen LogP contribution is -2.49. The number of hydrogen-bond donors (Lipinski definition) is 2. The normalized spacial score (nSPS) is 18.7. The number of piperazine rings is 1. The van der Waals surface area contributed by atoms with Crippen molar-refractivity contribution in [3.05, 3.63) is 34.6 Å². The molecule has 2 aliphatic heterocycles. The third kappa shape index (κ3) is 2.57. The fourth-order valence-corrected chi connectivity index (χ4v) is 3.41. The highest BCUT2D eigenvalue weighted by Crippen LogP contribution is 2.40. The van der Waals surface area contributed by atoms with E-state index >= 15 is 0 Å². The standard InChI is InChI=1S/C17H16FN3O5/c1-9-7-20(3-2-19-9)14-11(18)6-10-13-16(14)25-5-4-21(13)8-12(15(10)22)26-17(23)24/h4-6,8-9,19H,2-3,7H2,1H3,(H,23,24). The molecule has 8 nitrogen and oxygen atoms in total. The van der Waals surface area contributed by atoms with Crippen molar-refractivity contribution in [3.8, 4) is 11.5 Å². The topological polar surface area (TPSA) is 93.0 Å². The summed E-state index contributed by atoms with van der Waals surface area (Å²) in [7, 11) is 0. The van der Waals surface area contributed by atoms with Gasteiger partial charge in [0.15, 0.2) is 17.3 Å². The molecule has 0 radical (unpaired) electrons. The molecular formula is C17H16FN3O5. The van der Waals surface area contributed by atoms with E-state index in [-0.39, 0.29) is 22.9 Å². The van der Waals surface area contributed by atoms with Gasteiger partial charge in [-0.05, 0) is 13.0 Å². The van der Waals surface area contributed by atoms with E-state index in [0.717, 1.165) is 6.07 Å². The Morgan fingerprint density at radius 2 is 2.31 bits per heavy atom. The maximum Gasteiger partial charge on any atom is 0.511 e. The van der Waals surface area contributed by atoms with Gasteiger partial charge in [-0.25, -0.2) is 9.18 Å². The fourth-order valence-electron chi connectivity index (χ4n) is 3.41. The van der Waals surface area contributed by atoms with Crippen LogP contribution in [0.25, 0.3) is 17.1 Å². The summed E-state index contributed by atoms with van der Waals surface area (Å²) in [6.45, 7) is 3.89. The van der Waals surface area contributed by atoms with Gasteiger partial charge in [-0.15, -0.1) is 0 Å². The predicted octanol–water partition coefficient (Wildman–Crippen LogP) is 1.82. The van der Waals surface area contributed by atoms with Crippen LogP contribution in [0.5, 0.6) is 11.5 Å². The monoisotopic (exact) mass is 361 g/mol. The Morgan fingerprint density at radius 1 is 1.50 bits per heavy atom. The Hall–Kier alpha value is -3.07. The first kappa shape index (κ1) is 16.4. The van der Waals surface area contributed by atoms with Crippen LogP contribution in [0.1, 0.15) is 6.92 Å². The smallest absolute Gasteiger partial charge is 0.459 e. The summed E-state index contributed by atoms with van der Waals surface area (Å²) in [5.74, 6) is -0.769. The summed E-state index contributed by atoms with van der Waals surface area (Å²) in [5, 5.41) is 12.1. The molecule has 1 aromatic carbocycles. The molecule has 0 bridgehead atoms. The molecule has 2 aliphatic rings. The summed E-state index contributed by atoms with van der Waals surface area (Å²) >= 11 is 0. The van der Waals surface area contributed by atoms with Crippen LogP contribution in [0.2, 0.25) is 0 Å². The molecule has 2 N–H and O–H groups in total. The summed E-state index contributed by atoms with van der Waals surface area (Å²) in [5.41, 5.74) is -0.0500. The Kier molecular flexibility index (Phi) is 3.80. The maximum absolute atomic E-state index is 14.9. The zero-order valence-electron chi connectivity index (χ0n) is 13.9. The highest BCUT2D eigenvalue weighted by molar-refractivity contribution is 5.94. The first-order valence-electron chi connectivity index (χ1n) is 8.09. The number of hydrogen-bond acceptors (Lipinski definition) is 6. The third-order valence-corrected chi connectivity index (χ3v) is 4.46. The van der Waals surface area contributed by atoms with Crippen molar-refractivity contribution in [2.75, 3.05) is 24.5 Å². The lowest BCUT2D eigenvalue weighted by Gasteiger charge is -2.35. The van der Waals surface area contributed by atoms with Crippen LogP contribution in [0.3, 0.4) is 0 Å². The average molecular weight is 361 g/mol. The first-order valence-corrected chi connectivity index (χ1v) is 8.09. The van der Waals surface area contributed by atoms with Gasteiger partial charge in [0.2, 0.25) is 5.43 Å². The quantitative estimate of drug-likeness (QED) is 0.788. The lowest BCUT2D eigenvalue weighted by atomic mass is 10.1. The minimum Gasteiger partial charge on any atom is -0.459 e. The summed E-state index contributed by atoms with van der Waals surface area (Å²) < 4.78 is 26.5. The molecule has 136 valence electrons. The van der Waals surface area contributed by atoms with Crippen LogP contribution >= 0.6 is 0 Å².